The van der Waals surface area contributed by atoms with E-state index in [1.54, 1.807) is 18.2 Å². The van der Waals surface area contributed by atoms with Gasteiger partial charge in [-0.15, -0.1) is 4.83 Å². The summed E-state index contributed by atoms with van der Waals surface area (Å²) in [6.07, 6.45) is 0. The summed E-state index contributed by atoms with van der Waals surface area (Å²) in [7, 11) is -3.96. The molecular weight excluding hydrogens is 322 g/mol. The molecule has 2 rings (SSSR count). The Balaban J connectivity index is 1.91. The summed E-state index contributed by atoms with van der Waals surface area (Å²) < 4.78 is 34.3. The molecule has 0 aliphatic rings. The molecule has 1 heterocycles. The number of hydrogen-bond donors (Lipinski definition) is 2. The Kier molecular flexibility index (Phi) is 5.02. The van der Waals surface area contributed by atoms with Gasteiger partial charge in [-0.05, 0) is 38.5 Å². The first-order chi connectivity index (χ1) is 10.8. The highest BCUT2D eigenvalue weighted by Gasteiger charge is 2.24. The number of aryl methyl sites for hydroxylation is 3. The maximum atomic E-state index is 12.1. The molecule has 2 N–H and O–H groups in total. The third-order valence-electron chi connectivity index (χ3n) is 2.92. The van der Waals surface area contributed by atoms with Gasteiger partial charge in [-0.3, -0.25) is 10.2 Å². The van der Waals surface area contributed by atoms with Crippen molar-refractivity contribution in [2.75, 3.05) is 6.61 Å². The lowest BCUT2D eigenvalue weighted by atomic mass is 10.2. The van der Waals surface area contributed by atoms with E-state index in [1.165, 1.54) is 13.8 Å². The minimum absolute atomic E-state index is 0.0996. The smallest absolute Gasteiger partial charge is 0.272 e. The summed E-state index contributed by atoms with van der Waals surface area (Å²) in [6, 6.07) is 7.16. The van der Waals surface area contributed by atoms with Crippen molar-refractivity contribution in [2.24, 2.45) is 0 Å². The van der Waals surface area contributed by atoms with Crippen molar-refractivity contribution in [3.05, 3.63) is 41.3 Å². The van der Waals surface area contributed by atoms with Gasteiger partial charge in [0.1, 0.15) is 16.3 Å². The zero-order valence-electron chi connectivity index (χ0n) is 12.9. The van der Waals surface area contributed by atoms with Crippen molar-refractivity contribution in [2.45, 2.75) is 25.7 Å². The molecule has 0 bridgehead atoms. The number of hydrazine groups is 1. The molecule has 1 amide bonds. The van der Waals surface area contributed by atoms with Gasteiger partial charge in [0.05, 0.1) is 0 Å². The predicted molar refractivity (Wildman–Crippen MR) is 81.1 cm³/mol. The Hall–Kier alpha value is -2.39. The van der Waals surface area contributed by atoms with Gasteiger partial charge in [0.2, 0.25) is 0 Å². The average Bonchev–Trinajstić information content (AvgIpc) is 2.83. The number of sulfonamides is 1. The van der Waals surface area contributed by atoms with E-state index in [1.807, 2.05) is 17.8 Å². The molecule has 0 fully saturated rings. The van der Waals surface area contributed by atoms with Crippen LogP contribution in [0.5, 0.6) is 5.75 Å². The summed E-state index contributed by atoms with van der Waals surface area (Å²) >= 11 is 0. The second kappa shape index (κ2) is 6.80. The first-order valence-corrected chi connectivity index (χ1v) is 8.21. The van der Waals surface area contributed by atoms with Crippen LogP contribution in [-0.2, 0) is 14.8 Å². The van der Waals surface area contributed by atoms with Gasteiger partial charge < -0.3 is 9.26 Å². The Labute approximate surface area is 133 Å². The van der Waals surface area contributed by atoms with E-state index >= 15 is 0 Å². The maximum absolute atomic E-state index is 12.1. The van der Waals surface area contributed by atoms with Gasteiger partial charge >= 0.3 is 0 Å². The Morgan fingerprint density at radius 3 is 2.65 bits per heavy atom. The average molecular weight is 339 g/mol. The molecule has 1 aromatic heterocycles. The number of nitrogens with one attached hydrogen (secondary N) is 2. The summed E-state index contributed by atoms with van der Waals surface area (Å²) in [4.78, 5) is 13.6. The molecule has 1 aromatic carbocycles. The Bertz CT molecular complexity index is 794. The third-order valence-corrected chi connectivity index (χ3v) is 4.41. The molecule has 0 atom stereocenters. The van der Waals surface area contributed by atoms with Crippen molar-refractivity contribution >= 4 is 15.9 Å². The van der Waals surface area contributed by atoms with Crippen LogP contribution in [0.3, 0.4) is 0 Å². The first kappa shape index (κ1) is 17.0. The maximum Gasteiger partial charge on any atom is 0.272 e. The highest BCUT2D eigenvalue weighted by molar-refractivity contribution is 7.89. The van der Waals surface area contributed by atoms with Gasteiger partial charge in [-0.2, -0.15) is 0 Å². The number of amides is 1. The van der Waals surface area contributed by atoms with Gasteiger partial charge in [-0.1, -0.05) is 17.3 Å². The summed E-state index contributed by atoms with van der Waals surface area (Å²) in [5.74, 6) is 0.0239. The number of nitrogens with zero attached hydrogens (tertiary/aromatic N) is 1. The lowest BCUT2D eigenvalue weighted by Gasteiger charge is -2.09. The Morgan fingerprint density at radius 1 is 1.30 bits per heavy atom. The molecule has 0 radical (unpaired) electrons. The molecule has 9 heteroatoms. The fraction of sp³-hybridized carbons (Fsp3) is 0.286. The summed E-state index contributed by atoms with van der Waals surface area (Å²) in [6.45, 7) is 4.53. The number of rotatable bonds is 6. The van der Waals surface area contributed by atoms with Crippen LogP contribution in [0, 0.1) is 20.8 Å². The van der Waals surface area contributed by atoms with Gasteiger partial charge in [0, 0.05) is 0 Å². The second-order valence-corrected chi connectivity index (χ2v) is 6.53. The standard InChI is InChI=1S/C14H17N3O5S/c1-9-5-4-6-12(7-9)21-8-13(18)15-17-23(19,20)14-10(2)16-22-11(14)3/h4-7,17H,8H2,1-3H3,(H,15,18). The van der Waals surface area contributed by atoms with Crippen LogP contribution in [0.4, 0.5) is 0 Å². The van der Waals surface area contributed by atoms with Crippen LogP contribution in [-0.4, -0.2) is 26.1 Å². The van der Waals surface area contributed by atoms with Crippen LogP contribution in [0.1, 0.15) is 17.0 Å². The topological polar surface area (TPSA) is 111 Å². The minimum atomic E-state index is -3.96. The normalized spacial score (nSPS) is 11.3. The zero-order chi connectivity index (χ0) is 17.0. The van der Waals surface area contributed by atoms with Crippen LogP contribution < -0.4 is 15.0 Å². The van der Waals surface area contributed by atoms with E-state index in [4.69, 9.17) is 9.26 Å². The quantitative estimate of drug-likeness (QED) is 0.759. The lowest BCUT2D eigenvalue weighted by Crippen LogP contribution is -2.44. The molecule has 0 spiro atoms. The molecule has 0 saturated heterocycles. The number of aromatic nitrogens is 1. The fourth-order valence-corrected chi connectivity index (χ4v) is 3.12. The number of benzene rings is 1. The van der Waals surface area contributed by atoms with Crippen molar-refractivity contribution in [3.63, 3.8) is 0 Å². The predicted octanol–water partition coefficient (Wildman–Crippen LogP) is 0.988. The largest absolute Gasteiger partial charge is 0.484 e. The van der Waals surface area contributed by atoms with Gasteiger partial charge in [-0.25, -0.2) is 8.42 Å². The van der Waals surface area contributed by atoms with Crippen molar-refractivity contribution < 1.29 is 22.5 Å². The number of hydrogen-bond acceptors (Lipinski definition) is 6. The molecule has 23 heavy (non-hydrogen) atoms. The molecule has 0 saturated carbocycles. The number of carbonyl (C=O) groups is 1. The van der Waals surface area contributed by atoms with E-state index < -0.39 is 15.9 Å². The van der Waals surface area contributed by atoms with E-state index in [0.29, 0.717) is 5.75 Å². The fourth-order valence-electron chi connectivity index (χ4n) is 1.92. The van der Waals surface area contributed by atoms with Crippen LogP contribution in [0.15, 0.2) is 33.7 Å². The van der Waals surface area contributed by atoms with E-state index in [-0.39, 0.29) is 23.0 Å². The molecule has 2 aromatic rings. The highest BCUT2D eigenvalue weighted by Crippen LogP contribution is 2.17. The molecule has 0 unspecified atom stereocenters. The van der Waals surface area contributed by atoms with Crippen LogP contribution in [0.25, 0.3) is 0 Å². The third kappa shape index (κ3) is 4.30. The second-order valence-electron chi connectivity index (χ2n) is 4.91. The molecule has 0 aliphatic carbocycles. The molecule has 0 aliphatic heterocycles. The van der Waals surface area contributed by atoms with Crippen LogP contribution >= 0.6 is 0 Å². The number of carbonyl (C=O) groups excluding carboxylic acids is 1. The van der Waals surface area contributed by atoms with E-state index in [9.17, 15) is 13.2 Å². The van der Waals surface area contributed by atoms with Crippen molar-refractivity contribution in [1.82, 2.24) is 15.4 Å². The first-order valence-electron chi connectivity index (χ1n) is 6.72. The highest BCUT2D eigenvalue weighted by atomic mass is 32.2. The SMILES string of the molecule is Cc1cccc(OCC(=O)NNS(=O)(=O)c2c(C)noc2C)c1. The minimum Gasteiger partial charge on any atom is -0.484 e. The molecular formula is C14H17N3O5S. The monoisotopic (exact) mass is 339 g/mol. The Morgan fingerprint density at radius 2 is 2.04 bits per heavy atom. The van der Waals surface area contributed by atoms with E-state index in [0.717, 1.165) is 5.56 Å². The number of ether oxygens (including phenoxy) is 1. The van der Waals surface area contributed by atoms with Gasteiger partial charge in [0.25, 0.3) is 15.9 Å². The van der Waals surface area contributed by atoms with Crippen molar-refractivity contribution in [1.29, 1.82) is 0 Å². The summed E-state index contributed by atoms with van der Waals surface area (Å²) in [5, 5.41) is 3.56. The van der Waals surface area contributed by atoms with Crippen molar-refractivity contribution in [3.8, 4) is 5.75 Å². The molecule has 124 valence electrons. The summed E-state index contributed by atoms with van der Waals surface area (Å²) in [5.41, 5.74) is 3.28. The van der Waals surface area contributed by atoms with E-state index in [2.05, 4.69) is 10.6 Å². The zero-order valence-corrected chi connectivity index (χ0v) is 13.7. The van der Waals surface area contributed by atoms with Crippen LogP contribution in [0.2, 0.25) is 0 Å². The lowest BCUT2D eigenvalue weighted by molar-refractivity contribution is -0.123. The molecule has 8 nitrogen and oxygen atoms in total. The van der Waals surface area contributed by atoms with Gasteiger partial charge in [0.15, 0.2) is 12.4 Å².